The van der Waals surface area contributed by atoms with Crippen LogP contribution in [0.5, 0.6) is 0 Å². The van der Waals surface area contributed by atoms with Gasteiger partial charge in [0.15, 0.2) is 9.84 Å². The topological polar surface area (TPSA) is 80.3 Å². The molecule has 2 aliphatic rings. The van der Waals surface area contributed by atoms with E-state index >= 15 is 4.39 Å². The van der Waals surface area contributed by atoms with Crippen LogP contribution in [0.15, 0.2) is 47.4 Å². The molecule has 1 saturated carbocycles. The largest absolute Gasteiger partial charge is 0.416 e. The standard InChI is InChI=1S/C23H24F5NO4S2.CH4.H2S/c1-2-17-11-14-13-22(10-9-21(14)29-35(17,32)33,19-12-16(24)5-8-20(19)25)34(30,31)18-6-3-15(4-7-18)23(26,27)28;;/h3-8,12,14,17,21,29H,2,9-11,13H2,1H3;1H4;1H2/t14-,17-,21+,22-;;/m1../s1. The fourth-order valence-corrected chi connectivity index (χ4v) is 9.46. The molecule has 13 heteroatoms. The molecule has 1 heterocycles. The normalized spacial score (nSPS) is 27.4. The fraction of sp³-hybridized carbons (Fsp3) is 0.500. The number of rotatable bonds is 4. The Kier molecular flexibility index (Phi) is 9.21. The van der Waals surface area contributed by atoms with E-state index in [4.69, 9.17) is 0 Å². The number of benzene rings is 2. The maximum absolute atomic E-state index is 15.1. The lowest BCUT2D eigenvalue weighted by Gasteiger charge is -2.47. The van der Waals surface area contributed by atoms with Crippen LogP contribution in [0.4, 0.5) is 22.0 Å². The molecule has 2 aromatic carbocycles. The van der Waals surface area contributed by atoms with Gasteiger partial charge in [0.05, 0.1) is 15.7 Å². The number of sulfonamides is 1. The van der Waals surface area contributed by atoms with Crippen molar-refractivity contribution < 1.29 is 38.8 Å². The molecule has 5 nitrogen and oxygen atoms in total. The number of halogens is 5. The molecule has 4 atom stereocenters. The van der Waals surface area contributed by atoms with Gasteiger partial charge in [0.25, 0.3) is 0 Å². The van der Waals surface area contributed by atoms with Gasteiger partial charge in [-0.2, -0.15) is 26.7 Å². The summed E-state index contributed by atoms with van der Waals surface area (Å²) in [6, 6.07) is 4.82. The van der Waals surface area contributed by atoms with Crippen LogP contribution in [0.1, 0.15) is 57.6 Å². The predicted molar refractivity (Wildman–Crippen MR) is 136 cm³/mol. The van der Waals surface area contributed by atoms with Crippen molar-refractivity contribution in [1.29, 1.82) is 0 Å². The summed E-state index contributed by atoms with van der Waals surface area (Å²) in [4.78, 5) is -0.448. The average molecular weight is 588 g/mol. The summed E-state index contributed by atoms with van der Waals surface area (Å²) in [5.74, 6) is -2.31. The van der Waals surface area contributed by atoms with Gasteiger partial charge in [0.1, 0.15) is 16.4 Å². The van der Waals surface area contributed by atoms with Crippen molar-refractivity contribution in [3.8, 4) is 0 Å². The molecule has 0 unspecified atom stereocenters. The molecule has 2 aromatic rings. The van der Waals surface area contributed by atoms with Crippen molar-refractivity contribution >= 4 is 33.4 Å². The first kappa shape index (κ1) is 31.5. The highest BCUT2D eigenvalue weighted by Crippen LogP contribution is 2.52. The van der Waals surface area contributed by atoms with E-state index in [1.54, 1.807) is 6.92 Å². The molecule has 0 radical (unpaired) electrons. The van der Waals surface area contributed by atoms with Crippen LogP contribution in [0.25, 0.3) is 0 Å². The van der Waals surface area contributed by atoms with Crippen LogP contribution in [0, 0.1) is 17.6 Å². The van der Waals surface area contributed by atoms with Crippen molar-refractivity contribution in [1.82, 2.24) is 4.72 Å². The molecule has 2 fully saturated rings. The number of fused-ring (bicyclic) bond motifs is 1. The minimum absolute atomic E-state index is 0. The molecular formula is C24H30F5NO4S3. The van der Waals surface area contributed by atoms with Gasteiger partial charge >= 0.3 is 6.18 Å². The summed E-state index contributed by atoms with van der Waals surface area (Å²) in [5.41, 5.74) is -1.45. The maximum Gasteiger partial charge on any atom is 0.416 e. The van der Waals surface area contributed by atoms with E-state index in [-0.39, 0.29) is 53.0 Å². The zero-order valence-corrected chi connectivity index (χ0v) is 21.8. The van der Waals surface area contributed by atoms with E-state index in [9.17, 15) is 34.4 Å². The van der Waals surface area contributed by atoms with Gasteiger partial charge in [-0.05, 0) is 80.5 Å². The third-order valence-corrected chi connectivity index (χ3v) is 11.8. The summed E-state index contributed by atoms with van der Waals surface area (Å²) in [6.45, 7) is 1.69. The second-order valence-electron chi connectivity index (χ2n) is 9.18. The first-order valence-electron chi connectivity index (χ1n) is 11.1. The van der Waals surface area contributed by atoms with Gasteiger partial charge in [-0.25, -0.2) is 30.3 Å². The van der Waals surface area contributed by atoms with Gasteiger partial charge in [-0.1, -0.05) is 14.4 Å². The van der Waals surface area contributed by atoms with E-state index in [0.29, 0.717) is 12.1 Å². The monoisotopic (exact) mass is 587 g/mol. The summed E-state index contributed by atoms with van der Waals surface area (Å²) in [5, 5.41) is -0.773. The van der Waals surface area contributed by atoms with Gasteiger partial charge in [-0.15, -0.1) is 0 Å². The molecule has 37 heavy (non-hydrogen) atoms. The lowest BCUT2D eigenvalue weighted by atomic mass is 9.72. The number of hydrogen-bond donors (Lipinski definition) is 1. The summed E-state index contributed by atoms with van der Waals surface area (Å²) < 4.78 is 122. The lowest BCUT2D eigenvalue weighted by Crippen LogP contribution is -2.57. The van der Waals surface area contributed by atoms with E-state index in [2.05, 4.69) is 4.72 Å². The molecule has 0 amide bonds. The maximum atomic E-state index is 15.1. The first-order valence-corrected chi connectivity index (χ1v) is 14.1. The molecule has 1 aliphatic carbocycles. The van der Waals surface area contributed by atoms with Crippen molar-refractivity contribution in [2.75, 3.05) is 0 Å². The van der Waals surface area contributed by atoms with Gasteiger partial charge in [0, 0.05) is 11.6 Å². The van der Waals surface area contributed by atoms with Crippen LogP contribution >= 0.6 is 13.5 Å². The van der Waals surface area contributed by atoms with E-state index in [1.807, 2.05) is 0 Å². The Hall–Kier alpha value is -1.70. The SMILES string of the molecule is C.CC[C@@H]1C[C@@H]2C[C@](c3cc(F)ccc3F)(S(=O)(=O)c3ccc(C(F)(F)F)cc3)CC[C@@H]2NS1(=O)=O.S. The molecule has 0 spiro atoms. The third-order valence-electron chi connectivity index (χ3n) is 7.22. The van der Waals surface area contributed by atoms with Gasteiger partial charge < -0.3 is 0 Å². The highest BCUT2D eigenvalue weighted by molar-refractivity contribution is 7.92. The van der Waals surface area contributed by atoms with Crippen LogP contribution in [0.2, 0.25) is 0 Å². The smallest absolute Gasteiger partial charge is 0.223 e. The second-order valence-corrected chi connectivity index (χ2v) is 13.4. The lowest BCUT2D eigenvalue weighted by molar-refractivity contribution is -0.137. The number of hydrogen-bond acceptors (Lipinski definition) is 4. The molecular weight excluding hydrogens is 557 g/mol. The zero-order valence-electron chi connectivity index (χ0n) is 19.1. The van der Waals surface area contributed by atoms with Gasteiger partial charge in [0.2, 0.25) is 10.0 Å². The first-order chi connectivity index (χ1) is 16.2. The Morgan fingerprint density at radius 3 is 2.27 bits per heavy atom. The van der Waals surface area contributed by atoms with Crippen molar-refractivity contribution in [2.45, 2.75) is 73.6 Å². The molecule has 0 aromatic heterocycles. The minimum atomic E-state index is -4.68. The quantitative estimate of drug-likeness (QED) is 0.468. The minimum Gasteiger partial charge on any atom is -0.223 e. The van der Waals surface area contributed by atoms with Gasteiger partial charge in [-0.3, -0.25) is 0 Å². The Morgan fingerprint density at radius 1 is 1.08 bits per heavy atom. The van der Waals surface area contributed by atoms with E-state index in [0.717, 1.165) is 30.3 Å². The Labute approximate surface area is 221 Å². The van der Waals surface area contributed by atoms with E-state index in [1.165, 1.54) is 0 Å². The van der Waals surface area contributed by atoms with Crippen LogP contribution in [0.3, 0.4) is 0 Å². The average Bonchev–Trinajstić information content (AvgIpc) is 2.79. The highest BCUT2D eigenvalue weighted by Gasteiger charge is 2.55. The van der Waals surface area contributed by atoms with Crippen molar-refractivity contribution in [2.24, 2.45) is 5.92 Å². The van der Waals surface area contributed by atoms with Crippen molar-refractivity contribution in [3.63, 3.8) is 0 Å². The molecule has 1 N–H and O–H groups in total. The zero-order chi connectivity index (χ0) is 25.8. The summed E-state index contributed by atoms with van der Waals surface area (Å²) in [6.07, 6.45) is -4.67. The number of nitrogens with one attached hydrogen (secondary N) is 1. The second kappa shape index (κ2) is 10.8. The number of alkyl halides is 3. The Balaban J connectivity index is 0.00000241. The predicted octanol–water partition coefficient (Wildman–Crippen LogP) is 5.67. The highest BCUT2D eigenvalue weighted by atomic mass is 32.2. The molecule has 208 valence electrons. The Morgan fingerprint density at radius 2 is 1.70 bits per heavy atom. The molecule has 0 bridgehead atoms. The fourth-order valence-electron chi connectivity index (χ4n) is 5.38. The number of sulfone groups is 1. The third kappa shape index (κ3) is 5.55. The molecule has 4 rings (SSSR count). The van der Waals surface area contributed by atoms with Crippen molar-refractivity contribution in [3.05, 3.63) is 65.2 Å². The van der Waals surface area contributed by atoms with Crippen LogP contribution < -0.4 is 4.72 Å². The van der Waals surface area contributed by atoms with Crippen LogP contribution in [-0.4, -0.2) is 28.1 Å². The van der Waals surface area contributed by atoms with Crippen LogP contribution in [-0.2, 0) is 30.8 Å². The Bertz CT molecular complexity index is 1330. The summed E-state index contributed by atoms with van der Waals surface area (Å²) >= 11 is 0. The summed E-state index contributed by atoms with van der Waals surface area (Å²) in [7, 11) is -8.14. The molecule has 1 saturated heterocycles. The molecule has 1 aliphatic heterocycles. The van der Waals surface area contributed by atoms with E-state index < -0.39 is 75.7 Å².